The topological polar surface area (TPSA) is 95.8 Å². The van der Waals surface area contributed by atoms with Gasteiger partial charge in [-0.25, -0.2) is 0 Å². The van der Waals surface area contributed by atoms with Crippen molar-refractivity contribution in [3.8, 4) is 6.07 Å². The van der Waals surface area contributed by atoms with Crippen LogP contribution in [0.15, 0.2) is 0 Å². The maximum atomic E-state index is 12.3. The van der Waals surface area contributed by atoms with E-state index in [4.69, 9.17) is 4.74 Å². The molecule has 1 aromatic rings. The highest BCUT2D eigenvalue weighted by Gasteiger charge is 2.44. The minimum atomic E-state index is -0.393. The molecule has 2 heterocycles. The Labute approximate surface area is 177 Å². The van der Waals surface area contributed by atoms with Crippen molar-refractivity contribution in [1.82, 2.24) is 0 Å². The molecule has 1 saturated carbocycles. The number of carbonyl (C=O) groups excluding carboxylic acids is 2. The lowest BCUT2D eigenvalue weighted by Gasteiger charge is -2.38. The van der Waals surface area contributed by atoms with E-state index in [1.807, 2.05) is 0 Å². The molecule has 0 radical (unpaired) electrons. The zero-order valence-corrected chi connectivity index (χ0v) is 18.7. The molecule has 7 heteroatoms. The number of amides is 1. The Morgan fingerprint density at radius 2 is 1.97 bits per heavy atom. The summed E-state index contributed by atoms with van der Waals surface area (Å²) in [5.74, 6) is -0.0951. The summed E-state index contributed by atoms with van der Waals surface area (Å²) >= 11 is 1.46. The molecule has 0 saturated heterocycles. The number of quaternary nitrogens is 1. The Bertz CT molecular complexity index is 829. The second-order valence-corrected chi connectivity index (χ2v) is 10.7. The first-order valence-corrected chi connectivity index (χ1v) is 11.3. The van der Waals surface area contributed by atoms with Gasteiger partial charge < -0.3 is 15.4 Å². The van der Waals surface area contributed by atoms with Gasteiger partial charge in [0, 0.05) is 12.8 Å². The van der Waals surface area contributed by atoms with E-state index in [9.17, 15) is 14.9 Å². The SMILES string of the molecule is CC1(C)Cc2c(sc(NC(=O)COC(=O)CCC3CCCC3)c2C#N)C(C)(C)[NH2+]1. The molecule has 1 aliphatic heterocycles. The summed E-state index contributed by atoms with van der Waals surface area (Å²) in [6.45, 7) is 8.31. The maximum absolute atomic E-state index is 12.3. The molecule has 158 valence electrons. The standard InChI is InChI=1S/C22H31N3O3S/c1-21(2)11-15-16(12-23)20(29-19(15)22(3,4)25-21)24-17(26)13-28-18(27)10-9-14-7-5-6-8-14/h14,25H,5-11,13H2,1-4H3,(H,24,26)/p+1. The van der Waals surface area contributed by atoms with Crippen LogP contribution in [-0.4, -0.2) is 24.0 Å². The van der Waals surface area contributed by atoms with E-state index in [-0.39, 0.29) is 23.7 Å². The van der Waals surface area contributed by atoms with E-state index in [0.717, 1.165) is 23.3 Å². The Balaban J connectivity index is 1.60. The van der Waals surface area contributed by atoms with Gasteiger partial charge in [0.25, 0.3) is 5.91 Å². The van der Waals surface area contributed by atoms with Crippen molar-refractivity contribution in [1.29, 1.82) is 5.26 Å². The lowest BCUT2D eigenvalue weighted by Crippen LogP contribution is -3.03. The van der Waals surface area contributed by atoms with E-state index >= 15 is 0 Å². The summed E-state index contributed by atoms with van der Waals surface area (Å²) in [5.41, 5.74) is 1.39. The molecule has 0 bridgehead atoms. The van der Waals surface area contributed by atoms with E-state index in [2.05, 4.69) is 44.4 Å². The van der Waals surface area contributed by atoms with Crippen molar-refractivity contribution in [3.63, 3.8) is 0 Å². The number of rotatable bonds is 6. The second kappa shape index (κ2) is 8.45. The normalized spacial score (nSPS) is 20.0. The van der Waals surface area contributed by atoms with Gasteiger partial charge in [-0.05, 0) is 45.6 Å². The van der Waals surface area contributed by atoms with Crippen molar-refractivity contribution in [2.24, 2.45) is 5.92 Å². The number of hydrogen-bond acceptors (Lipinski definition) is 5. The largest absolute Gasteiger partial charge is 0.456 e. The second-order valence-electron chi connectivity index (χ2n) is 9.66. The summed E-state index contributed by atoms with van der Waals surface area (Å²) in [6.07, 6.45) is 6.87. The van der Waals surface area contributed by atoms with Gasteiger partial charge in [0.1, 0.15) is 16.6 Å². The summed E-state index contributed by atoms with van der Waals surface area (Å²) in [7, 11) is 0. The van der Waals surface area contributed by atoms with E-state index < -0.39 is 5.91 Å². The summed E-state index contributed by atoms with van der Waals surface area (Å²) in [5, 5.41) is 15.4. The predicted octanol–water partition coefficient (Wildman–Crippen LogP) is 3.21. The zero-order valence-electron chi connectivity index (χ0n) is 17.9. The van der Waals surface area contributed by atoms with Crippen molar-refractivity contribution < 1.29 is 19.6 Å². The predicted molar refractivity (Wildman–Crippen MR) is 113 cm³/mol. The fraction of sp³-hybridized carbons (Fsp3) is 0.682. The highest BCUT2D eigenvalue weighted by molar-refractivity contribution is 7.16. The third-order valence-corrected chi connectivity index (χ3v) is 7.42. The third-order valence-electron chi connectivity index (χ3n) is 5.94. The number of nitriles is 1. The molecule has 2 aliphatic rings. The first kappa shape index (κ1) is 21.8. The number of thiophene rings is 1. The van der Waals surface area contributed by atoms with Crippen LogP contribution in [0.2, 0.25) is 0 Å². The number of ether oxygens (including phenoxy) is 1. The van der Waals surface area contributed by atoms with E-state index in [1.165, 1.54) is 37.0 Å². The Hall–Kier alpha value is -1.91. The molecule has 0 unspecified atom stereocenters. The van der Waals surface area contributed by atoms with Crippen LogP contribution in [0.25, 0.3) is 0 Å². The van der Waals surface area contributed by atoms with Gasteiger partial charge in [0.05, 0.1) is 16.0 Å². The summed E-state index contributed by atoms with van der Waals surface area (Å²) in [4.78, 5) is 25.4. The fourth-order valence-corrected chi connectivity index (χ4v) is 6.17. The molecule has 1 aromatic heterocycles. The van der Waals surface area contributed by atoms with E-state index in [1.54, 1.807) is 0 Å². The molecule has 1 fully saturated rings. The van der Waals surface area contributed by atoms with Crippen molar-refractivity contribution >= 4 is 28.2 Å². The number of fused-ring (bicyclic) bond motifs is 1. The molecule has 1 aliphatic carbocycles. The molecule has 0 aromatic carbocycles. The van der Waals surface area contributed by atoms with Gasteiger partial charge in [-0.2, -0.15) is 5.26 Å². The number of esters is 1. The van der Waals surface area contributed by atoms with Crippen LogP contribution < -0.4 is 10.6 Å². The van der Waals surface area contributed by atoms with Gasteiger partial charge in [0.2, 0.25) is 0 Å². The minimum absolute atomic E-state index is 0.0146. The number of anilines is 1. The van der Waals surface area contributed by atoms with Crippen LogP contribution in [-0.2, 0) is 26.3 Å². The van der Waals surface area contributed by atoms with Crippen molar-refractivity contribution in [3.05, 3.63) is 16.0 Å². The fourth-order valence-electron chi connectivity index (χ4n) is 4.91. The summed E-state index contributed by atoms with van der Waals surface area (Å²) in [6, 6.07) is 2.28. The number of nitrogens with zero attached hydrogens (tertiary/aromatic N) is 1. The van der Waals surface area contributed by atoms with Crippen LogP contribution >= 0.6 is 11.3 Å². The van der Waals surface area contributed by atoms with Gasteiger partial charge in [-0.15, -0.1) is 11.3 Å². The number of carbonyl (C=O) groups is 2. The number of hydrogen-bond donors (Lipinski definition) is 2. The molecular formula is C22H32N3O3S+. The Morgan fingerprint density at radius 3 is 2.62 bits per heavy atom. The van der Waals surface area contributed by atoms with Gasteiger partial charge >= 0.3 is 5.97 Å². The smallest absolute Gasteiger partial charge is 0.306 e. The van der Waals surface area contributed by atoms with E-state index in [0.29, 0.717) is 22.9 Å². The average Bonchev–Trinajstić information content (AvgIpc) is 3.24. The molecule has 0 atom stereocenters. The van der Waals surface area contributed by atoms with Crippen LogP contribution in [0.5, 0.6) is 0 Å². The van der Waals surface area contributed by atoms with Crippen LogP contribution in [0.1, 0.15) is 82.2 Å². The summed E-state index contributed by atoms with van der Waals surface area (Å²) < 4.78 is 5.15. The molecular weight excluding hydrogens is 386 g/mol. The van der Waals surface area contributed by atoms with Crippen molar-refractivity contribution in [2.75, 3.05) is 11.9 Å². The lowest BCUT2D eigenvalue weighted by atomic mass is 9.81. The van der Waals surface area contributed by atoms with Crippen molar-refractivity contribution in [2.45, 2.75) is 83.7 Å². The molecule has 6 nitrogen and oxygen atoms in total. The molecule has 3 N–H and O–H groups in total. The minimum Gasteiger partial charge on any atom is -0.456 e. The van der Waals surface area contributed by atoms with Gasteiger partial charge in [0.15, 0.2) is 6.61 Å². The third kappa shape index (κ3) is 5.18. The monoisotopic (exact) mass is 418 g/mol. The quantitative estimate of drug-likeness (QED) is 0.694. The van der Waals surface area contributed by atoms with Crippen LogP contribution in [0.4, 0.5) is 5.00 Å². The van der Waals surface area contributed by atoms with Gasteiger partial charge in [-0.3, -0.25) is 9.59 Å². The highest BCUT2D eigenvalue weighted by Crippen LogP contribution is 2.41. The average molecular weight is 419 g/mol. The molecule has 0 spiro atoms. The molecule has 3 rings (SSSR count). The van der Waals surface area contributed by atoms with Crippen LogP contribution in [0.3, 0.4) is 0 Å². The lowest BCUT2D eigenvalue weighted by molar-refractivity contribution is -0.789. The molecule has 1 amide bonds. The highest BCUT2D eigenvalue weighted by atomic mass is 32.1. The van der Waals surface area contributed by atoms with Crippen LogP contribution in [0, 0.1) is 17.2 Å². The Kier molecular flexibility index (Phi) is 6.35. The van der Waals surface area contributed by atoms with Gasteiger partial charge in [-0.1, -0.05) is 25.7 Å². The number of nitrogens with one attached hydrogen (secondary N) is 1. The first-order chi connectivity index (χ1) is 13.6. The zero-order chi connectivity index (χ0) is 21.2. The molecule has 29 heavy (non-hydrogen) atoms. The first-order valence-electron chi connectivity index (χ1n) is 10.5. The maximum Gasteiger partial charge on any atom is 0.306 e. The Morgan fingerprint density at radius 1 is 1.28 bits per heavy atom. The number of nitrogens with two attached hydrogens (primary N) is 1.